The van der Waals surface area contributed by atoms with E-state index in [4.69, 9.17) is 16.7 Å². The van der Waals surface area contributed by atoms with Crippen molar-refractivity contribution in [2.75, 3.05) is 5.32 Å². The number of carbonyl (C=O) groups excluding carboxylic acids is 1. The fourth-order valence-electron chi connectivity index (χ4n) is 2.34. The summed E-state index contributed by atoms with van der Waals surface area (Å²) in [5.41, 5.74) is 0.504. The van der Waals surface area contributed by atoms with E-state index in [-0.39, 0.29) is 17.1 Å². The zero-order valence-corrected chi connectivity index (χ0v) is 15.8. The molecule has 1 aromatic carbocycles. The number of anilines is 1. The molecule has 26 heavy (non-hydrogen) atoms. The van der Waals surface area contributed by atoms with Crippen LogP contribution in [-0.4, -0.2) is 36.5 Å². The van der Waals surface area contributed by atoms with Crippen LogP contribution in [0.2, 0.25) is 5.02 Å². The number of carboxylic acids is 1. The lowest BCUT2D eigenvalue weighted by Crippen LogP contribution is -2.17. The lowest BCUT2D eigenvalue weighted by molar-refractivity contribution is 0.0692. The van der Waals surface area contributed by atoms with Crippen molar-refractivity contribution in [1.82, 2.24) is 19.6 Å². The summed E-state index contributed by atoms with van der Waals surface area (Å²) >= 11 is 9.48. The lowest BCUT2D eigenvalue weighted by Gasteiger charge is -2.04. The Morgan fingerprint density at radius 2 is 2.00 bits per heavy atom. The van der Waals surface area contributed by atoms with Gasteiger partial charge < -0.3 is 10.4 Å². The maximum atomic E-state index is 12.4. The van der Waals surface area contributed by atoms with Gasteiger partial charge in [0.05, 0.1) is 11.0 Å². The molecule has 0 atom stereocenters. The SMILES string of the molecule is Cn1cc(C(=O)O)c(C(=O)Nc2nn(Cc3ccccc3Cl)cc2Br)n1. The molecule has 2 heterocycles. The number of rotatable bonds is 5. The molecule has 0 aliphatic heterocycles. The first-order valence-corrected chi connectivity index (χ1v) is 8.57. The standard InChI is InChI=1S/C16H13BrClN5O3/c1-22-7-10(16(25)26)13(20-22)15(24)19-14-11(17)8-23(21-14)6-9-4-2-3-5-12(9)18/h2-5,7-8H,6H2,1H3,(H,25,26)(H,19,21,24). The highest BCUT2D eigenvalue weighted by Crippen LogP contribution is 2.23. The number of hydrogen-bond acceptors (Lipinski definition) is 4. The predicted octanol–water partition coefficient (Wildman–Crippen LogP) is 3.03. The smallest absolute Gasteiger partial charge is 0.339 e. The number of aromatic nitrogens is 4. The van der Waals surface area contributed by atoms with Gasteiger partial charge in [-0.05, 0) is 27.6 Å². The highest BCUT2D eigenvalue weighted by atomic mass is 79.9. The molecule has 2 aromatic heterocycles. The number of nitrogens with one attached hydrogen (secondary N) is 1. The Bertz CT molecular complexity index is 998. The van der Waals surface area contributed by atoms with Crippen molar-refractivity contribution in [3.8, 4) is 0 Å². The van der Waals surface area contributed by atoms with E-state index < -0.39 is 11.9 Å². The normalized spacial score (nSPS) is 10.7. The van der Waals surface area contributed by atoms with Gasteiger partial charge in [-0.2, -0.15) is 10.2 Å². The molecule has 8 nitrogen and oxygen atoms in total. The molecule has 0 aliphatic carbocycles. The van der Waals surface area contributed by atoms with Crippen LogP contribution in [0.25, 0.3) is 0 Å². The van der Waals surface area contributed by atoms with Crippen molar-refractivity contribution in [1.29, 1.82) is 0 Å². The van der Waals surface area contributed by atoms with Crippen LogP contribution in [0.15, 0.2) is 41.1 Å². The van der Waals surface area contributed by atoms with Crippen LogP contribution in [0.4, 0.5) is 5.82 Å². The molecule has 0 bridgehead atoms. The summed E-state index contributed by atoms with van der Waals surface area (Å²) < 4.78 is 3.42. The second-order valence-corrected chi connectivity index (χ2v) is 6.70. The molecule has 0 saturated carbocycles. The average Bonchev–Trinajstić information content (AvgIpc) is 3.13. The largest absolute Gasteiger partial charge is 0.478 e. The van der Waals surface area contributed by atoms with Crippen molar-refractivity contribution in [3.05, 3.63) is 63.0 Å². The van der Waals surface area contributed by atoms with Gasteiger partial charge in [-0.15, -0.1) is 0 Å². The van der Waals surface area contributed by atoms with E-state index in [1.807, 2.05) is 18.2 Å². The van der Waals surface area contributed by atoms with Crippen LogP contribution in [0.5, 0.6) is 0 Å². The average molecular weight is 439 g/mol. The van der Waals surface area contributed by atoms with Crippen molar-refractivity contribution < 1.29 is 14.7 Å². The van der Waals surface area contributed by atoms with Crippen LogP contribution in [0.3, 0.4) is 0 Å². The van der Waals surface area contributed by atoms with Gasteiger partial charge in [0.2, 0.25) is 0 Å². The zero-order valence-electron chi connectivity index (χ0n) is 13.5. The van der Waals surface area contributed by atoms with E-state index in [0.29, 0.717) is 16.0 Å². The number of aryl methyl sites for hydroxylation is 1. The Morgan fingerprint density at radius 3 is 2.69 bits per heavy atom. The van der Waals surface area contributed by atoms with Gasteiger partial charge in [-0.1, -0.05) is 29.8 Å². The van der Waals surface area contributed by atoms with Crippen LogP contribution in [0, 0.1) is 0 Å². The number of carbonyl (C=O) groups is 2. The molecule has 0 radical (unpaired) electrons. The topological polar surface area (TPSA) is 102 Å². The summed E-state index contributed by atoms with van der Waals surface area (Å²) in [5, 5.41) is 20.5. The Balaban J connectivity index is 1.81. The van der Waals surface area contributed by atoms with Crippen molar-refractivity contribution >= 4 is 45.2 Å². The molecule has 1 amide bonds. The van der Waals surface area contributed by atoms with E-state index >= 15 is 0 Å². The molecule has 2 N–H and O–H groups in total. The molecule has 3 aromatic rings. The summed E-state index contributed by atoms with van der Waals surface area (Å²) in [6, 6.07) is 7.37. The second kappa shape index (κ2) is 7.30. The quantitative estimate of drug-likeness (QED) is 0.637. The maximum absolute atomic E-state index is 12.4. The first-order valence-electron chi connectivity index (χ1n) is 7.40. The van der Waals surface area contributed by atoms with E-state index in [1.165, 1.54) is 17.9 Å². The Morgan fingerprint density at radius 1 is 1.27 bits per heavy atom. The molecular formula is C16H13BrClN5O3. The molecule has 10 heteroatoms. The van der Waals surface area contributed by atoms with Gasteiger partial charge in [0, 0.05) is 24.5 Å². The number of hydrogen-bond donors (Lipinski definition) is 2. The summed E-state index contributed by atoms with van der Waals surface area (Å²) in [4.78, 5) is 23.6. The highest BCUT2D eigenvalue weighted by Gasteiger charge is 2.22. The molecule has 0 aliphatic rings. The maximum Gasteiger partial charge on any atom is 0.339 e. The van der Waals surface area contributed by atoms with Crippen LogP contribution in [0.1, 0.15) is 26.4 Å². The minimum Gasteiger partial charge on any atom is -0.478 e. The monoisotopic (exact) mass is 437 g/mol. The third-order valence-electron chi connectivity index (χ3n) is 3.51. The number of benzene rings is 1. The first kappa shape index (κ1) is 18.2. The van der Waals surface area contributed by atoms with E-state index in [0.717, 1.165) is 5.56 Å². The zero-order chi connectivity index (χ0) is 18.8. The number of carboxylic acid groups (broad SMARTS) is 1. The highest BCUT2D eigenvalue weighted by molar-refractivity contribution is 9.10. The second-order valence-electron chi connectivity index (χ2n) is 5.44. The minimum absolute atomic E-state index is 0.184. The van der Waals surface area contributed by atoms with E-state index in [1.54, 1.807) is 16.9 Å². The first-order chi connectivity index (χ1) is 12.3. The van der Waals surface area contributed by atoms with Crippen molar-refractivity contribution in [2.24, 2.45) is 7.05 Å². The van der Waals surface area contributed by atoms with Crippen LogP contribution in [-0.2, 0) is 13.6 Å². The van der Waals surface area contributed by atoms with Gasteiger partial charge in [-0.3, -0.25) is 14.2 Å². The van der Waals surface area contributed by atoms with Crippen LogP contribution >= 0.6 is 27.5 Å². The molecule has 0 fully saturated rings. The summed E-state index contributed by atoms with van der Waals surface area (Å²) in [7, 11) is 1.54. The Labute approximate surface area is 161 Å². The van der Waals surface area contributed by atoms with Gasteiger partial charge in [0.1, 0.15) is 5.56 Å². The fourth-order valence-corrected chi connectivity index (χ4v) is 2.95. The van der Waals surface area contributed by atoms with Gasteiger partial charge in [-0.25, -0.2) is 4.79 Å². The summed E-state index contributed by atoms with van der Waals surface area (Å²) in [6.45, 7) is 0.415. The van der Waals surface area contributed by atoms with E-state index in [9.17, 15) is 9.59 Å². The van der Waals surface area contributed by atoms with Crippen LogP contribution < -0.4 is 5.32 Å². The van der Waals surface area contributed by atoms with Crippen molar-refractivity contribution in [3.63, 3.8) is 0 Å². The number of aromatic carboxylic acids is 1. The third-order valence-corrected chi connectivity index (χ3v) is 4.46. The van der Waals surface area contributed by atoms with Gasteiger partial charge >= 0.3 is 5.97 Å². The summed E-state index contributed by atoms with van der Waals surface area (Å²) in [6.07, 6.45) is 2.96. The Kier molecular flexibility index (Phi) is 5.10. The molecule has 0 spiro atoms. The number of amides is 1. The third kappa shape index (κ3) is 3.78. The number of halogens is 2. The molecule has 0 unspecified atom stereocenters. The van der Waals surface area contributed by atoms with Crippen molar-refractivity contribution in [2.45, 2.75) is 6.54 Å². The Hall–Kier alpha value is -2.65. The predicted molar refractivity (Wildman–Crippen MR) is 98.6 cm³/mol. The lowest BCUT2D eigenvalue weighted by atomic mass is 10.2. The fraction of sp³-hybridized carbons (Fsp3) is 0.125. The molecule has 3 rings (SSSR count). The molecular weight excluding hydrogens is 426 g/mol. The molecule has 0 saturated heterocycles. The molecule has 134 valence electrons. The summed E-state index contributed by atoms with van der Waals surface area (Å²) in [5.74, 6) is -1.64. The van der Waals surface area contributed by atoms with Gasteiger partial charge in [0.25, 0.3) is 5.91 Å². The minimum atomic E-state index is -1.23. The van der Waals surface area contributed by atoms with E-state index in [2.05, 4.69) is 31.4 Å². The number of nitrogens with zero attached hydrogens (tertiary/aromatic N) is 4. The van der Waals surface area contributed by atoms with Gasteiger partial charge in [0.15, 0.2) is 11.5 Å².